The molecule has 0 amide bonds. The van der Waals surface area contributed by atoms with Crippen LogP contribution < -0.4 is 10.1 Å². The number of pyridine rings is 1. The highest BCUT2D eigenvalue weighted by atomic mass is 19.1. The van der Waals surface area contributed by atoms with Gasteiger partial charge >= 0.3 is 0 Å². The molecule has 2 aromatic carbocycles. The Morgan fingerprint density at radius 3 is 2.38 bits per heavy atom. The van der Waals surface area contributed by atoms with E-state index in [1.165, 1.54) is 23.3 Å². The van der Waals surface area contributed by atoms with Crippen LogP contribution >= 0.6 is 0 Å². The molecule has 0 aliphatic rings. The number of ether oxygens (including phenoxy) is 1. The number of hydrogen-bond acceptors (Lipinski definition) is 3. The number of nitrogens with one attached hydrogen (secondary N) is 1. The first-order valence-electron chi connectivity index (χ1n) is 8.73. The molecule has 0 radical (unpaired) electrons. The molecule has 1 heterocycles. The number of rotatable bonds is 7. The molecule has 0 spiro atoms. The van der Waals surface area contributed by atoms with E-state index < -0.39 is 0 Å². The molecule has 3 nitrogen and oxygen atoms in total. The average Bonchev–Trinajstić information content (AvgIpc) is 2.69. The SMILES string of the molecule is COc1ccc(F)cc1CCNC(C)c1ccc(-c2ccncc2)cc1. The van der Waals surface area contributed by atoms with Crippen LogP contribution in [0.5, 0.6) is 5.75 Å². The molecule has 0 fully saturated rings. The quantitative estimate of drug-likeness (QED) is 0.665. The molecular formula is C22H23FN2O. The second-order valence-electron chi connectivity index (χ2n) is 6.24. The monoisotopic (exact) mass is 350 g/mol. The number of methoxy groups -OCH3 is 1. The third-order valence-corrected chi connectivity index (χ3v) is 4.51. The van der Waals surface area contributed by atoms with Crippen LogP contribution in [0.3, 0.4) is 0 Å². The summed E-state index contributed by atoms with van der Waals surface area (Å²) < 4.78 is 18.7. The fraction of sp³-hybridized carbons (Fsp3) is 0.227. The molecule has 3 aromatic rings. The van der Waals surface area contributed by atoms with E-state index in [2.05, 4.69) is 41.5 Å². The van der Waals surface area contributed by atoms with E-state index in [9.17, 15) is 4.39 Å². The lowest BCUT2D eigenvalue weighted by atomic mass is 10.0. The molecule has 0 bridgehead atoms. The molecule has 1 aromatic heterocycles. The minimum atomic E-state index is -0.236. The zero-order chi connectivity index (χ0) is 18.4. The van der Waals surface area contributed by atoms with Crippen LogP contribution in [-0.4, -0.2) is 18.6 Å². The first kappa shape index (κ1) is 18.1. The molecule has 1 N–H and O–H groups in total. The minimum absolute atomic E-state index is 0.209. The fourth-order valence-corrected chi connectivity index (χ4v) is 2.99. The lowest BCUT2D eigenvalue weighted by Gasteiger charge is -2.16. The Morgan fingerprint density at radius 1 is 1.00 bits per heavy atom. The molecule has 3 rings (SSSR count). The number of benzene rings is 2. The molecule has 0 aliphatic heterocycles. The summed E-state index contributed by atoms with van der Waals surface area (Å²) in [5.74, 6) is 0.489. The van der Waals surface area contributed by atoms with Gasteiger partial charge in [0.15, 0.2) is 0 Å². The van der Waals surface area contributed by atoms with Crippen molar-refractivity contribution in [2.75, 3.05) is 13.7 Å². The Bertz CT molecular complexity index is 835. The van der Waals surface area contributed by atoms with Crippen molar-refractivity contribution in [3.63, 3.8) is 0 Å². The van der Waals surface area contributed by atoms with Crippen LogP contribution in [0, 0.1) is 5.82 Å². The highest BCUT2D eigenvalue weighted by molar-refractivity contribution is 5.62. The zero-order valence-electron chi connectivity index (χ0n) is 15.1. The molecule has 134 valence electrons. The summed E-state index contributed by atoms with van der Waals surface area (Å²) in [4.78, 5) is 4.05. The summed E-state index contributed by atoms with van der Waals surface area (Å²) in [6.07, 6.45) is 4.31. The summed E-state index contributed by atoms with van der Waals surface area (Å²) in [7, 11) is 1.61. The van der Waals surface area contributed by atoms with Crippen molar-refractivity contribution in [3.8, 4) is 16.9 Å². The second-order valence-corrected chi connectivity index (χ2v) is 6.24. The Balaban J connectivity index is 1.58. The van der Waals surface area contributed by atoms with E-state index in [1.54, 1.807) is 25.6 Å². The second kappa shape index (κ2) is 8.59. The minimum Gasteiger partial charge on any atom is -0.496 e. The Labute approximate surface area is 153 Å². The molecular weight excluding hydrogens is 327 g/mol. The number of nitrogens with zero attached hydrogens (tertiary/aromatic N) is 1. The van der Waals surface area contributed by atoms with Gasteiger partial charge in [0.2, 0.25) is 0 Å². The predicted octanol–water partition coefficient (Wildman–Crippen LogP) is 4.79. The van der Waals surface area contributed by atoms with Gasteiger partial charge in [-0.3, -0.25) is 4.98 Å². The van der Waals surface area contributed by atoms with Gasteiger partial charge in [0.1, 0.15) is 11.6 Å². The molecule has 0 saturated carbocycles. The summed E-state index contributed by atoms with van der Waals surface area (Å²) in [6, 6.07) is 17.4. The maximum atomic E-state index is 13.4. The molecule has 0 aliphatic carbocycles. The van der Waals surface area contributed by atoms with Crippen LogP contribution in [0.2, 0.25) is 0 Å². The predicted molar refractivity (Wildman–Crippen MR) is 103 cm³/mol. The van der Waals surface area contributed by atoms with Crippen LogP contribution in [0.15, 0.2) is 67.0 Å². The lowest BCUT2D eigenvalue weighted by molar-refractivity contribution is 0.407. The number of halogens is 1. The third-order valence-electron chi connectivity index (χ3n) is 4.51. The van der Waals surface area contributed by atoms with Crippen LogP contribution in [0.25, 0.3) is 11.1 Å². The van der Waals surface area contributed by atoms with E-state index in [0.717, 1.165) is 23.4 Å². The number of hydrogen-bond donors (Lipinski definition) is 1. The maximum absolute atomic E-state index is 13.4. The van der Waals surface area contributed by atoms with E-state index in [-0.39, 0.29) is 11.9 Å². The normalized spacial score (nSPS) is 12.0. The van der Waals surface area contributed by atoms with Crippen molar-refractivity contribution in [2.45, 2.75) is 19.4 Å². The highest BCUT2D eigenvalue weighted by Gasteiger charge is 2.08. The maximum Gasteiger partial charge on any atom is 0.123 e. The Morgan fingerprint density at radius 2 is 1.69 bits per heavy atom. The average molecular weight is 350 g/mol. The smallest absolute Gasteiger partial charge is 0.123 e. The van der Waals surface area contributed by atoms with Gasteiger partial charge < -0.3 is 10.1 Å². The van der Waals surface area contributed by atoms with E-state index in [1.807, 2.05) is 12.1 Å². The van der Waals surface area contributed by atoms with Crippen molar-refractivity contribution < 1.29 is 9.13 Å². The summed E-state index contributed by atoms with van der Waals surface area (Å²) in [6.45, 7) is 2.87. The lowest BCUT2D eigenvalue weighted by Crippen LogP contribution is -2.21. The fourth-order valence-electron chi connectivity index (χ4n) is 2.99. The molecule has 1 atom stereocenters. The van der Waals surface area contributed by atoms with Crippen molar-refractivity contribution >= 4 is 0 Å². The largest absolute Gasteiger partial charge is 0.496 e. The van der Waals surface area contributed by atoms with E-state index in [4.69, 9.17) is 4.74 Å². The highest BCUT2D eigenvalue weighted by Crippen LogP contribution is 2.22. The molecule has 4 heteroatoms. The zero-order valence-corrected chi connectivity index (χ0v) is 15.1. The number of aromatic nitrogens is 1. The van der Waals surface area contributed by atoms with Gasteiger partial charge in [0.25, 0.3) is 0 Å². The summed E-state index contributed by atoms with van der Waals surface area (Å²) >= 11 is 0. The Hall–Kier alpha value is -2.72. The van der Waals surface area contributed by atoms with Gasteiger partial charge in [0, 0.05) is 18.4 Å². The van der Waals surface area contributed by atoms with Gasteiger partial charge in [-0.1, -0.05) is 24.3 Å². The van der Waals surface area contributed by atoms with Gasteiger partial charge in [-0.15, -0.1) is 0 Å². The molecule has 1 unspecified atom stereocenters. The van der Waals surface area contributed by atoms with Crippen molar-refractivity contribution in [3.05, 3.63) is 83.9 Å². The summed E-state index contributed by atoms with van der Waals surface area (Å²) in [5, 5.41) is 3.49. The first-order valence-corrected chi connectivity index (χ1v) is 8.73. The van der Waals surface area contributed by atoms with Crippen molar-refractivity contribution in [1.82, 2.24) is 10.3 Å². The van der Waals surface area contributed by atoms with Crippen molar-refractivity contribution in [1.29, 1.82) is 0 Å². The topological polar surface area (TPSA) is 34.1 Å². The first-order chi connectivity index (χ1) is 12.7. The molecule has 0 saturated heterocycles. The molecule has 26 heavy (non-hydrogen) atoms. The Kier molecular flexibility index (Phi) is 5.97. The van der Waals surface area contributed by atoms with E-state index >= 15 is 0 Å². The standard InChI is InChI=1S/C22H23FN2O/c1-16(25-14-11-20-15-21(23)7-8-22(20)26-2)17-3-5-18(6-4-17)19-9-12-24-13-10-19/h3-10,12-13,15-16,25H,11,14H2,1-2H3. The summed E-state index contributed by atoms with van der Waals surface area (Å²) in [5.41, 5.74) is 4.42. The third kappa shape index (κ3) is 4.46. The van der Waals surface area contributed by atoms with Gasteiger partial charge in [0.05, 0.1) is 7.11 Å². The van der Waals surface area contributed by atoms with Gasteiger partial charge in [-0.25, -0.2) is 4.39 Å². The van der Waals surface area contributed by atoms with Gasteiger partial charge in [-0.05, 0) is 72.5 Å². The van der Waals surface area contributed by atoms with Crippen LogP contribution in [-0.2, 0) is 6.42 Å². The van der Waals surface area contributed by atoms with Crippen LogP contribution in [0.4, 0.5) is 4.39 Å². The van der Waals surface area contributed by atoms with Crippen LogP contribution in [0.1, 0.15) is 24.1 Å². The van der Waals surface area contributed by atoms with E-state index in [0.29, 0.717) is 6.42 Å². The van der Waals surface area contributed by atoms with Gasteiger partial charge in [-0.2, -0.15) is 0 Å². The van der Waals surface area contributed by atoms with Crippen molar-refractivity contribution in [2.24, 2.45) is 0 Å².